The van der Waals surface area contributed by atoms with Gasteiger partial charge in [-0.05, 0) is 106 Å². The lowest BCUT2D eigenvalue weighted by Crippen LogP contribution is -2.50. The van der Waals surface area contributed by atoms with Crippen molar-refractivity contribution < 1.29 is 10.2 Å². The Kier molecular flexibility index (Phi) is 10.5. The molecule has 8 atom stereocenters. The molecule has 4 saturated carbocycles. The SMILES string of the molecule is CC.CC.CC.CC12CCC3C4CC[C@](C)(O)CC4CCC3C1CCC2CO. The maximum atomic E-state index is 10.4. The molecule has 168 valence electrons. The van der Waals surface area contributed by atoms with E-state index < -0.39 is 5.60 Å². The molecule has 0 saturated heterocycles. The molecular weight excluding hydrogens is 344 g/mol. The van der Waals surface area contributed by atoms with Crippen LogP contribution in [0.4, 0.5) is 0 Å². The number of aliphatic hydroxyl groups is 2. The molecule has 2 heteroatoms. The van der Waals surface area contributed by atoms with Gasteiger partial charge in [0.2, 0.25) is 0 Å². The topological polar surface area (TPSA) is 40.5 Å². The van der Waals surface area contributed by atoms with Crippen molar-refractivity contribution >= 4 is 0 Å². The van der Waals surface area contributed by atoms with Gasteiger partial charge in [-0.1, -0.05) is 48.5 Å². The van der Waals surface area contributed by atoms with Crippen molar-refractivity contribution in [1.29, 1.82) is 0 Å². The summed E-state index contributed by atoms with van der Waals surface area (Å²) in [6.07, 6.45) is 11.4. The minimum atomic E-state index is -0.396. The molecule has 0 heterocycles. The smallest absolute Gasteiger partial charge is 0.0622 e. The normalized spacial score (nSPS) is 46.1. The summed E-state index contributed by atoms with van der Waals surface area (Å²) in [5.41, 5.74) is 0.0233. The molecule has 4 aliphatic rings. The third kappa shape index (κ3) is 4.97. The highest BCUT2D eigenvalue weighted by molar-refractivity contribution is 5.06. The van der Waals surface area contributed by atoms with Gasteiger partial charge in [0.1, 0.15) is 0 Å². The zero-order valence-electron chi connectivity index (χ0n) is 20.4. The van der Waals surface area contributed by atoms with Crippen LogP contribution in [0.25, 0.3) is 0 Å². The van der Waals surface area contributed by atoms with Gasteiger partial charge in [-0.25, -0.2) is 0 Å². The van der Waals surface area contributed by atoms with Crippen molar-refractivity contribution in [3.63, 3.8) is 0 Å². The number of hydrogen-bond donors (Lipinski definition) is 2. The first-order chi connectivity index (χ1) is 13.4. The maximum absolute atomic E-state index is 10.4. The maximum Gasteiger partial charge on any atom is 0.0622 e. The summed E-state index contributed by atoms with van der Waals surface area (Å²) in [5, 5.41) is 20.2. The molecule has 4 rings (SSSR count). The third-order valence-electron chi connectivity index (χ3n) is 8.65. The largest absolute Gasteiger partial charge is 0.396 e. The van der Waals surface area contributed by atoms with Crippen molar-refractivity contribution in [2.45, 2.75) is 119 Å². The predicted molar refractivity (Wildman–Crippen MR) is 122 cm³/mol. The summed E-state index contributed by atoms with van der Waals surface area (Å²) in [7, 11) is 0. The van der Waals surface area contributed by atoms with Gasteiger partial charge < -0.3 is 10.2 Å². The average Bonchev–Trinajstić information content (AvgIpc) is 3.08. The molecule has 2 N–H and O–H groups in total. The minimum absolute atomic E-state index is 0.396. The molecular formula is C26H52O2. The highest BCUT2D eigenvalue weighted by Crippen LogP contribution is 2.64. The van der Waals surface area contributed by atoms with Crippen LogP contribution >= 0.6 is 0 Å². The molecule has 0 aromatic carbocycles. The van der Waals surface area contributed by atoms with E-state index >= 15 is 0 Å². The van der Waals surface area contributed by atoms with E-state index in [-0.39, 0.29) is 0 Å². The van der Waals surface area contributed by atoms with Gasteiger partial charge in [0.05, 0.1) is 5.60 Å². The fourth-order valence-electron chi connectivity index (χ4n) is 7.49. The molecule has 0 bridgehead atoms. The van der Waals surface area contributed by atoms with Crippen LogP contribution in [-0.4, -0.2) is 22.4 Å². The Balaban J connectivity index is 0.000000599. The van der Waals surface area contributed by atoms with E-state index in [1.807, 2.05) is 41.5 Å². The van der Waals surface area contributed by atoms with Crippen LogP contribution in [0.1, 0.15) is 113 Å². The second-order valence-electron chi connectivity index (χ2n) is 9.68. The Morgan fingerprint density at radius 1 is 0.714 bits per heavy atom. The molecule has 0 aliphatic heterocycles. The Labute approximate surface area is 176 Å². The fourth-order valence-corrected chi connectivity index (χ4v) is 7.49. The summed E-state index contributed by atoms with van der Waals surface area (Å²) in [5.74, 6) is 4.93. The lowest BCUT2D eigenvalue weighted by Gasteiger charge is -2.57. The summed E-state index contributed by atoms with van der Waals surface area (Å²) in [6.45, 7) is 16.9. The lowest BCUT2D eigenvalue weighted by molar-refractivity contribution is -0.102. The second kappa shape index (κ2) is 11.3. The van der Waals surface area contributed by atoms with Gasteiger partial charge in [0, 0.05) is 6.61 Å². The van der Waals surface area contributed by atoms with Crippen LogP contribution in [0.2, 0.25) is 0 Å². The fraction of sp³-hybridized carbons (Fsp3) is 1.00. The Morgan fingerprint density at radius 2 is 1.32 bits per heavy atom. The zero-order valence-corrected chi connectivity index (χ0v) is 20.4. The second-order valence-corrected chi connectivity index (χ2v) is 9.68. The van der Waals surface area contributed by atoms with Gasteiger partial charge in [0.25, 0.3) is 0 Å². The van der Waals surface area contributed by atoms with Gasteiger partial charge >= 0.3 is 0 Å². The molecule has 0 radical (unpaired) electrons. The van der Waals surface area contributed by atoms with E-state index in [1.54, 1.807) is 0 Å². The molecule has 4 fully saturated rings. The van der Waals surface area contributed by atoms with Gasteiger partial charge in [-0.2, -0.15) is 0 Å². The van der Waals surface area contributed by atoms with Crippen LogP contribution in [-0.2, 0) is 0 Å². The van der Waals surface area contributed by atoms with E-state index in [0.717, 1.165) is 42.4 Å². The summed E-state index contributed by atoms with van der Waals surface area (Å²) in [6, 6.07) is 0. The summed E-state index contributed by atoms with van der Waals surface area (Å²) >= 11 is 0. The summed E-state index contributed by atoms with van der Waals surface area (Å²) in [4.78, 5) is 0. The van der Waals surface area contributed by atoms with Crippen molar-refractivity contribution in [3.05, 3.63) is 0 Å². The van der Waals surface area contributed by atoms with Crippen LogP contribution in [0.15, 0.2) is 0 Å². The van der Waals surface area contributed by atoms with Crippen LogP contribution in [0.5, 0.6) is 0 Å². The van der Waals surface area contributed by atoms with E-state index in [1.165, 1.54) is 44.9 Å². The average molecular weight is 397 g/mol. The third-order valence-corrected chi connectivity index (χ3v) is 8.65. The molecule has 0 amide bonds. The number of fused-ring (bicyclic) bond motifs is 5. The first-order valence-electron chi connectivity index (χ1n) is 12.8. The Bertz CT molecular complexity index is 432. The monoisotopic (exact) mass is 396 g/mol. The number of hydrogen-bond acceptors (Lipinski definition) is 2. The van der Waals surface area contributed by atoms with Crippen LogP contribution < -0.4 is 0 Å². The highest BCUT2D eigenvalue weighted by atomic mass is 16.3. The van der Waals surface area contributed by atoms with Crippen molar-refractivity contribution in [3.8, 4) is 0 Å². The predicted octanol–water partition coefficient (Wildman–Crippen LogP) is 7.08. The van der Waals surface area contributed by atoms with E-state index in [4.69, 9.17) is 0 Å². The van der Waals surface area contributed by atoms with E-state index in [9.17, 15) is 10.2 Å². The molecule has 0 aromatic rings. The molecule has 4 aliphatic carbocycles. The molecule has 7 unspecified atom stereocenters. The first kappa shape index (κ1) is 26.0. The van der Waals surface area contributed by atoms with Crippen molar-refractivity contribution in [2.24, 2.45) is 40.9 Å². The van der Waals surface area contributed by atoms with Gasteiger partial charge in [0.15, 0.2) is 0 Å². The first-order valence-corrected chi connectivity index (χ1v) is 12.8. The highest BCUT2D eigenvalue weighted by Gasteiger charge is 2.57. The van der Waals surface area contributed by atoms with Gasteiger partial charge in [-0.15, -0.1) is 0 Å². The van der Waals surface area contributed by atoms with Gasteiger partial charge in [-0.3, -0.25) is 0 Å². The molecule has 2 nitrogen and oxygen atoms in total. The standard InChI is InChI=1S/C20H34O2.3C2H6/c1-19(22)9-7-15-13(11-19)3-5-17-16(15)8-10-20(2)14(12-21)4-6-18(17)20;3*1-2/h13-18,21-22H,3-12H2,1-2H3;3*1-2H3/t13?,14?,15?,16?,17?,18?,19-,20?;;;/m0.../s1. The zero-order chi connectivity index (χ0) is 21.5. The molecule has 0 aromatic heterocycles. The molecule has 28 heavy (non-hydrogen) atoms. The van der Waals surface area contributed by atoms with E-state index in [2.05, 4.69) is 13.8 Å². The Hall–Kier alpha value is -0.0800. The van der Waals surface area contributed by atoms with Crippen LogP contribution in [0, 0.1) is 40.9 Å². The van der Waals surface area contributed by atoms with Crippen molar-refractivity contribution in [1.82, 2.24) is 0 Å². The van der Waals surface area contributed by atoms with Crippen molar-refractivity contribution in [2.75, 3.05) is 6.61 Å². The summed E-state index contributed by atoms with van der Waals surface area (Å²) < 4.78 is 0. The van der Waals surface area contributed by atoms with Crippen LogP contribution in [0.3, 0.4) is 0 Å². The molecule has 0 spiro atoms. The Morgan fingerprint density at radius 3 is 1.93 bits per heavy atom. The van der Waals surface area contributed by atoms with E-state index in [0.29, 0.717) is 17.9 Å². The number of rotatable bonds is 1. The quantitative estimate of drug-likeness (QED) is 0.497. The minimum Gasteiger partial charge on any atom is -0.396 e. The number of aliphatic hydroxyl groups excluding tert-OH is 1. The lowest BCUT2D eigenvalue weighted by atomic mass is 9.49.